The Labute approximate surface area is 239 Å². The summed E-state index contributed by atoms with van der Waals surface area (Å²) >= 11 is 1.41. The summed E-state index contributed by atoms with van der Waals surface area (Å²) in [7, 11) is 1.58. The van der Waals surface area contributed by atoms with E-state index in [1.54, 1.807) is 66.3 Å². The highest BCUT2D eigenvalue weighted by Crippen LogP contribution is 2.34. The van der Waals surface area contributed by atoms with Crippen molar-refractivity contribution >= 4 is 23.4 Å². The van der Waals surface area contributed by atoms with Crippen LogP contribution in [0.15, 0.2) is 102 Å². The Morgan fingerprint density at radius 1 is 0.951 bits per heavy atom. The second-order valence-corrected chi connectivity index (χ2v) is 9.85. The normalized spacial score (nSPS) is 10.8. The van der Waals surface area contributed by atoms with Crippen molar-refractivity contribution in [1.29, 1.82) is 0 Å². The standard InChI is InChI=1S/C30H24FN5O4S/c1-40-25-16-14-24(15-17-25)35-28(26-4-2-3-5-27(26)36(38)39)33-34-30(35)41-19-21-6-10-22(11-7-21)29(37)32-18-20-8-12-23(31)13-9-20/h2-17H,18-19H2,1H3,(H,32,37). The highest BCUT2D eigenvalue weighted by molar-refractivity contribution is 7.98. The molecule has 0 radical (unpaired) electrons. The van der Waals surface area contributed by atoms with Crippen LogP contribution in [-0.4, -0.2) is 32.7 Å². The van der Waals surface area contributed by atoms with Crippen LogP contribution in [0.1, 0.15) is 21.5 Å². The lowest BCUT2D eigenvalue weighted by molar-refractivity contribution is -0.384. The first kappa shape index (κ1) is 27.5. The summed E-state index contributed by atoms with van der Waals surface area (Å²) in [5.41, 5.74) is 3.25. The molecule has 206 valence electrons. The van der Waals surface area contributed by atoms with Crippen LogP contribution >= 0.6 is 11.8 Å². The van der Waals surface area contributed by atoms with Crippen LogP contribution in [0.5, 0.6) is 5.75 Å². The van der Waals surface area contributed by atoms with E-state index in [1.165, 1.54) is 30.0 Å². The fraction of sp³-hybridized carbons (Fsp3) is 0.100. The molecular formula is C30H24FN5O4S. The van der Waals surface area contributed by atoms with Crippen molar-refractivity contribution in [3.05, 3.63) is 130 Å². The van der Waals surface area contributed by atoms with Gasteiger partial charge in [-0.3, -0.25) is 19.5 Å². The van der Waals surface area contributed by atoms with E-state index < -0.39 is 4.92 Å². The largest absolute Gasteiger partial charge is 0.497 e. The molecule has 0 saturated heterocycles. The molecule has 0 bridgehead atoms. The Morgan fingerprint density at radius 2 is 1.63 bits per heavy atom. The third-order valence-electron chi connectivity index (χ3n) is 6.26. The number of hydrogen-bond acceptors (Lipinski definition) is 7. The van der Waals surface area contributed by atoms with Gasteiger partial charge in [0.25, 0.3) is 11.6 Å². The van der Waals surface area contributed by atoms with E-state index in [-0.39, 0.29) is 17.4 Å². The summed E-state index contributed by atoms with van der Waals surface area (Å²) in [5.74, 6) is 0.973. The number of ether oxygens (including phenoxy) is 1. The van der Waals surface area contributed by atoms with Gasteiger partial charge in [0, 0.05) is 23.9 Å². The fourth-order valence-electron chi connectivity index (χ4n) is 4.11. The van der Waals surface area contributed by atoms with Crippen molar-refractivity contribution in [1.82, 2.24) is 20.1 Å². The quantitative estimate of drug-likeness (QED) is 0.121. The number of hydrogen-bond donors (Lipinski definition) is 1. The van der Waals surface area contributed by atoms with Gasteiger partial charge in [-0.05, 0) is 65.7 Å². The van der Waals surface area contributed by atoms with Crippen molar-refractivity contribution in [2.24, 2.45) is 0 Å². The molecule has 4 aromatic carbocycles. The van der Waals surface area contributed by atoms with Gasteiger partial charge in [-0.15, -0.1) is 10.2 Å². The van der Waals surface area contributed by atoms with Crippen LogP contribution in [-0.2, 0) is 12.3 Å². The number of thioether (sulfide) groups is 1. The number of nitrogens with one attached hydrogen (secondary N) is 1. The van der Waals surface area contributed by atoms with Crippen molar-refractivity contribution in [2.45, 2.75) is 17.5 Å². The molecule has 0 aliphatic rings. The zero-order chi connectivity index (χ0) is 28.8. The summed E-state index contributed by atoms with van der Waals surface area (Å²) in [5, 5.41) is 23.8. The Morgan fingerprint density at radius 3 is 2.32 bits per heavy atom. The molecule has 9 nitrogen and oxygen atoms in total. The minimum absolute atomic E-state index is 0.0699. The van der Waals surface area contributed by atoms with Crippen molar-refractivity contribution in [3.8, 4) is 22.8 Å². The second-order valence-electron chi connectivity index (χ2n) is 8.91. The fourth-order valence-corrected chi connectivity index (χ4v) is 5.02. The van der Waals surface area contributed by atoms with E-state index in [1.807, 2.05) is 24.3 Å². The molecule has 1 heterocycles. The monoisotopic (exact) mass is 569 g/mol. The third-order valence-corrected chi connectivity index (χ3v) is 7.26. The summed E-state index contributed by atoms with van der Waals surface area (Å²) in [6.45, 7) is 0.291. The van der Waals surface area contributed by atoms with Crippen molar-refractivity contribution < 1.29 is 18.8 Å². The maximum Gasteiger partial charge on any atom is 0.280 e. The van der Waals surface area contributed by atoms with Crippen molar-refractivity contribution in [2.75, 3.05) is 7.11 Å². The Hall–Kier alpha value is -5.03. The lowest BCUT2D eigenvalue weighted by Gasteiger charge is -2.11. The maximum atomic E-state index is 13.1. The number of carbonyl (C=O) groups is 1. The van der Waals surface area contributed by atoms with E-state index in [4.69, 9.17) is 4.74 Å². The highest BCUT2D eigenvalue weighted by atomic mass is 32.2. The predicted molar refractivity (Wildman–Crippen MR) is 154 cm³/mol. The minimum Gasteiger partial charge on any atom is -0.497 e. The predicted octanol–water partition coefficient (Wildman–Crippen LogP) is 6.21. The molecule has 1 aromatic heterocycles. The van der Waals surface area contributed by atoms with Gasteiger partial charge in [0.2, 0.25) is 0 Å². The number of rotatable bonds is 10. The van der Waals surface area contributed by atoms with Gasteiger partial charge in [-0.25, -0.2) is 4.39 Å². The number of aromatic nitrogens is 3. The van der Waals surface area contributed by atoms with Gasteiger partial charge in [-0.2, -0.15) is 0 Å². The molecule has 0 spiro atoms. The van der Waals surface area contributed by atoms with Crippen molar-refractivity contribution in [3.63, 3.8) is 0 Å². The number of amides is 1. The van der Waals surface area contributed by atoms with Crippen LogP contribution in [0, 0.1) is 15.9 Å². The molecule has 1 N–H and O–H groups in total. The van der Waals surface area contributed by atoms with E-state index >= 15 is 0 Å². The molecule has 11 heteroatoms. The summed E-state index contributed by atoms with van der Waals surface area (Å²) < 4.78 is 20.2. The number of halogens is 1. The summed E-state index contributed by atoms with van der Waals surface area (Å²) in [4.78, 5) is 23.9. The summed E-state index contributed by atoms with van der Waals surface area (Å²) in [6, 6.07) is 26.8. The zero-order valence-electron chi connectivity index (χ0n) is 21.9. The van der Waals surface area contributed by atoms with Gasteiger partial charge < -0.3 is 10.1 Å². The molecule has 0 atom stereocenters. The molecule has 5 rings (SSSR count). The molecule has 0 fully saturated rings. The Kier molecular flexibility index (Phi) is 8.35. The van der Waals surface area contributed by atoms with Gasteiger partial charge in [0.1, 0.15) is 11.6 Å². The number of carbonyl (C=O) groups excluding carboxylic acids is 1. The molecule has 1 amide bonds. The van der Waals surface area contributed by atoms with Gasteiger partial charge in [0.05, 0.1) is 23.3 Å². The number of nitrogens with zero attached hydrogens (tertiary/aromatic N) is 4. The molecule has 0 unspecified atom stereocenters. The molecule has 41 heavy (non-hydrogen) atoms. The zero-order valence-corrected chi connectivity index (χ0v) is 22.7. The summed E-state index contributed by atoms with van der Waals surface area (Å²) in [6.07, 6.45) is 0. The lowest BCUT2D eigenvalue weighted by Crippen LogP contribution is -2.22. The third kappa shape index (κ3) is 6.42. The van der Waals surface area contributed by atoms with Crippen LogP contribution in [0.4, 0.5) is 10.1 Å². The van der Waals surface area contributed by atoms with Gasteiger partial charge in [0.15, 0.2) is 11.0 Å². The van der Waals surface area contributed by atoms with Crippen LogP contribution in [0.2, 0.25) is 0 Å². The van der Waals surface area contributed by atoms with E-state index in [0.29, 0.717) is 40.2 Å². The first-order valence-electron chi connectivity index (χ1n) is 12.5. The Balaban J connectivity index is 1.35. The number of nitro benzene ring substituents is 1. The molecule has 0 saturated carbocycles. The van der Waals surface area contributed by atoms with Gasteiger partial charge >= 0.3 is 0 Å². The molecule has 0 aliphatic carbocycles. The van der Waals surface area contributed by atoms with Crippen LogP contribution in [0.3, 0.4) is 0 Å². The van der Waals surface area contributed by atoms with Crippen LogP contribution in [0.25, 0.3) is 17.1 Å². The SMILES string of the molecule is COc1ccc(-n2c(SCc3ccc(C(=O)NCc4ccc(F)cc4)cc3)nnc2-c2ccccc2[N+](=O)[O-])cc1. The van der Waals surface area contributed by atoms with E-state index in [9.17, 15) is 19.3 Å². The second kappa shape index (κ2) is 12.4. The lowest BCUT2D eigenvalue weighted by atomic mass is 10.1. The highest BCUT2D eigenvalue weighted by Gasteiger charge is 2.23. The van der Waals surface area contributed by atoms with Gasteiger partial charge in [-0.1, -0.05) is 48.2 Å². The minimum atomic E-state index is -0.438. The smallest absolute Gasteiger partial charge is 0.280 e. The maximum absolute atomic E-state index is 13.1. The Bertz CT molecular complexity index is 1670. The average Bonchev–Trinajstić information content (AvgIpc) is 3.43. The molecule has 0 aliphatic heterocycles. The first-order valence-corrected chi connectivity index (χ1v) is 13.5. The number of benzene rings is 4. The number of nitro groups is 1. The van der Waals surface area contributed by atoms with Crippen LogP contribution < -0.4 is 10.1 Å². The first-order chi connectivity index (χ1) is 19.9. The average molecular weight is 570 g/mol. The molecule has 5 aromatic rings. The molecular weight excluding hydrogens is 545 g/mol. The topological polar surface area (TPSA) is 112 Å². The van der Waals surface area contributed by atoms with E-state index in [2.05, 4.69) is 15.5 Å². The number of para-hydroxylation sites is 1. The number of methoxy groups -OCH3 is 1. The van der Waals surface area contributed by atoms with E-state index in [0.717, 1.165) is 16.8 Å².